The Labute approximate surface area is 144 Å². The number of nitrogens with one attached hydrogen (secondary N) is 1. The van der Waals surface area contributed by atoms with Gasteiger partial charge in [-0.05, 0) is 53.9 Å². The minimum Gasteiger partial charge on any atom is -0.379 e. The predicted octanol–water partition coefficient (Wildman–Crippen LogP) is 2.57. The maximum atomic E-state index is 12.4. The van der Waals surface area contributed by atoms with Gasteiger partial charge in [-0.15, -0.1) is 0 Å². The van der Waals surface area contributed by atoms with Crippen LogP contribution in [0.5, 0.6) is 0 Å². The van der Waals surface area contributed by atoms with Crippen LogP contribution in [0.3, 0.4) is 0 Å². The minimum atomic E-state index is -0.478. The summed E-state index contributed by atoms with van der Waals surface area (Å²) >= 11 is 0. The summed E-state index contributed by atoms with van der Waals surface area (Å²) in [4.78, 5) is 12.4. The number of carbonyl (C=O) groups is 1. The summed E-state index contributed by atoms with van der Waals surface area (Å²) in [5.74, 6) is -0.0761. The highest BCUT2D eigenvalue weighted by Crippen LogP contribution is 2.32. The molecule has 1 aromatic rings. The molecule has 0 unspecified atom stereocenters. The van der Waals surface area contributed by atoms with Gasteiger partial charge >= 0.3 is 0 Å². The highest BCUT2D eigenvalue weighted by Gasteiger charge is 2.29. The van der Waals surface area contributed by atoms with Crippen LogP contribution < -0.4 is 5.32 Å². The van der Waals surface area contributed by atoms with E-state index in [-0.39, 0.29) is 17.5 Å². The van der Waals surface area contributed by atoms with Crippen LogP contribution in [0.15, 0.2) is 6.20 Å². The average Bonchev–Trinajstić information content (AvgIpc) is 2.96. The Hall–Kier alpha value is -1.40. The third-order valence-corrected chi connectivity index (χ3v) is 4.30. The van der Waals surface area contributed by atoms with Crippen molar-refractivity contribution >= 4 is 5.91 Å². The topological polar surface area (TPSA) is 65.4 Å². The zero-order valence-corrected chi connectivity index (χ0v) is 15.6. The van der Waals surface area contributed by atoms with Crippen LogP contribution in [0.2, 0.25) is 0 Å². The van der Waals surface area contributed by atoms with E-state index in [1.165, 1.54) is 5.69 Å². The molecule has 0 spiro atoms. The molecule has 2 atom stereocenters. The van der Waals surface area contributed by atoms with Crippen LogP contribution in [0.4, 0.5) is 0 Å². The third-order valence-electron chi connectivity index (χ3n) is 4.30. The number of hydrogen-bond donors (Lipinski definition) is 1. The van der Waals surface area contributed by atoms with Crippen molar-refractivity contribution in [1.29, 1.82) is 0 Å². The van der Waals surface area contributed by atoms with Crippen molar-refractivity contribution in [2.24, 2.45) is 0 Å². The molecule has 1 amide bonds. The normalized spacial score (nSPS) is 19.0. The number of hydrogen-bond acceptors (Lipinski definition) is 4. The molecular formula is C18H31N3O3. The van der Waals surface area contributed by atoms with Gasteiger partial charge in [0, 0.05) is 17.9 Å². The average molecular weight is 337 g/mol. The Balaban J connectivity index is 1.97. The van der Waals surface area contributed by atoms with Crippen molar-refractivity contribution in [3.05, 3.63) is 17.5 Å². The van der Waals surface area contributed by atoms with Gasteiger partial charge in [0.1, 0.15) is 6.10 Å². The molecule has 0 aromatic carbocycles. The monoisotopic (exact) mass is 337 g/mol. The van der Waals surface area contributed by atoms with Gasteiger partial charge in [-0.1, -0.05) is 0 Å². The van der Waals surface area contributed by atoms with Crippen LogP contribution in [0.25, 0.3) is 0 Å². The zero-order chi connectivity index (χ0) is 17.7. The first kappa shape index (κ1) is 18.9. The van der Waals surface area contributed by atoms with E-state index in [1.54, 1.807) is 6.92 Å². The molecule has 1 aliphatic rings. The van der Waals surface area contributed by atoms with E-state index in [0.29, 0.717) is 19.8 Å². The standard InChI is InChI=1S/C18H31N3O3/c1-6-23-10-11-24-13(2)17(22)20-15-8-7-9-16-14(15)12-19-21(16)18(3,4)5/h12-13,15H,6-11H2,1-5H3,(H,20,22)/t13-,15-/m1/s1. The summed E-state index contributed by atoms with van der Waals surface area (Å²) in [7, 11) is 0. The summed E-state index contributed by atoms with van der Waals surface area (Å²) < 4.78 is 12.8. The number of fused-ring (bicyclic) bond motifs is 1. The van der Waals surface area contributed by atoms with Crippen LogP contribution in [0, 0.1) is 0 Å². The molecule has 1 heterocycles. The Morgan fingerprint density at radius 2 is 2.21 bits per heavy atom. The molecule has 1 N–H and O–H groups in total. The van der Waals surface area contributed by atoms with Crippen molar-refractivity contribution in [1.82, 2.24) is 15.1 Å². The molecule has 0 saturated carbocycles. The quantitative estimate of drug-likeness (QED) is 0.777. The van der Waals surface area contributed by atoms with Crippen molar-refractivity contribution in [3.8, 4) is 0 Å². The van der Waals surface area contributed by atoms with Gasteiger partial charge in [-0.25, -0.2) is 0 Å². The molecule has 1 aliphatic carbocycles. The fourth-order valence-corrected chi connectivity index (χ4v) is 3.08. The molecule has 1 aromatic heterocycles. The second kappa shape index (κ2) is 8.12. The van der Waals surface area contributed by atoms with Gasteiger partial charge in [-0.3, -0.25) is 9.48 Å². The van der Waals surface area contributed by atoms with E-state index in [0.717, 1.165) is 24.8 Å². The van der Waals surface area contributed by atoms with Crippen LogP contribution >= 0.6 is 0 Å². The van der Waals surface area contributed by atoms with Gasteiger partial charge in [-0.2, -0.15) is 5.10 Å². The van der Waals surface area contributed by atoms with E-state index in [9.17, 15) is 4.79 Å². The Morgan fingerprint density at radius 3 is 2.88 bits per heavy atom. The van der Waals surface area contributed by atoms with Gasteiger partial charge in [0.15, 0.2) is 0 Å². The summed E-state index contributed by atoms with van der Waals surface area (Å²) in [6.07, 6.45) is 4.44. The minimum absolute atomic E-state index is 0.0234. The van der Waals surface area contributed by atoms with Gasteiger partial charge < -0.3 is 14.8 Å². The Kier molecular flexibility index (Phi) is 6.40. The molecule has 0 radical (unpaired) electrons. The summed E-state index contributed by atoms with van der Waals surface area (Å²) in [6.45, 7) is 11.8. The third kappa shape index (κ3) is 4.57. The molecule has 6 heteroatoms. The number of nitrogens with zero attached hydrogens (tertiary/aromatic N) is 2. The van der Waals surface area contributed by atoms with E-state index in [2.05, 4.69) is 35.9 Å². The largest absolute Gasteiger partial charge is 0.379 e. The Bertz CT molecular complexity index is 548. The summed E-state index contributed by atoms with van der Waals surface area (Å²) in [6, 6.07) is 0.0234. The number of carbonyl (C=O) groups excluding carboxylic acids is 1. The lowest BCUT2D eigenvalue weighted by atomic mass is 9.92. The lowest BCUT2D eigenvalue weighted by Crippen LogP contribution is -2.39. The zero-order valence-electron chi connectivity index (χ0n) is 15.6. The smallest absolute Gasteiger partial charge is 0.249 e. The van der Waals surface area contributed by atoms with Crippen molar-refractivity contribution in [2.75, 3.05) is 19.8 Å². The van der Waals surface area contributed by atoms with Crippen LogP contribution in [-0.4, -0.2) is 41.6 Å². The first-order valence-corrected chi connectivity index (χ1v) is 8.91. The summed E-state index contributed by atoms with van der Waals surface area (Å²) in [5.41, 5.74) is 2.34. The lowest BCUT2D eigenvalue weighted by Gasteiger charge is -2.28. The maximum absolute atomic E-state index is 12.4. The van der Waals surface area contributed by atoms with E-state index in [4.69, 9.17) is 9.47 Å². The maximum Gasteiger partial charge on any atom is 0.249 e. The van der Waals surface area contributed by atoms with Crippen molar-refractivity contribution in [2.45, 2.75) is 71.6 Å². The fourth-order valence-electron chi connectivity index (χ4n) is 3.08. The molecule has 0 fully saturated rings. The molecule has 24 heavy (non-hydrogen) atoms. The Morgan fingerprint density at radius 1 is 1.46 bits per heavy atom. The number of aromatic nitrogens is 2. The molecule has 2 rings (SSSR count). The molecule has 0 aliphatic heterocycles. The van der Waals surface area contributed by atoms with E-state index >= 15 is 0 Å². The molecule has 6 nitrogen and oxygen atoms in total. The highest BCUT2D eigenvalue weighted by atomic mass is 16.5. The van der Waals surface area contributed by atoms with Gasteiger partial charge in [0.05, 0.1) is 31.0 Å². The molecular weight excluding hydrogens is 306 g/mol. The first-order valence-electron chi connectivity index (χ1n) is 8.91. The number of amides is 1. The molecule has 136 valence electrons. The second-order valence-corrected chi connectivity index (χ2v) is 7.29. The van der Waals surface area contributed by atoms with Crippen LogP contribution in [0.1, 0.15) is 64.8 Å². The molecule has 0 bridgehead atoms. The lowest BCUT2D eigenvalue weighted by molar-refractivity contribution is -0.133. The van der Waals surface area contributed by atoms with Crippen molar-refractivity contribution in [3.63, 3.8) is 0 Å². The number of rotatable bonds is 7. The SMILES string of the molecule is CCOCCO[C@H](C)C(=O)N[C@@H]1CCCc2c1cnn2C(C)(C)C. The summed E-state index contributed by atoms with van der Waals surface area (Å²) in [5, 5.41) is 7.68. The van der Waals surface area contributed by atoms with Gasteiger partial charge in [0.25, 0.3) is 0 Å². The van der Waals surface area contributed by atoms with Crippen molar-refractivity contribution < 1.29 is 14.3 Å². The van der Waals surface area contributed by atoms with Crippen LogP contribution in [-0.2, 0) is 26.2 Å². The van der Waals surface area contributed by atoms with E-state index in [1.807, 2.05) is 13.1 Å². The number of ether oxygens (including phenoxy) is 2. The predicted molar refractivity (Wildman–Crippen MR) is 93.0 cm³/mol. The fraction of sp³-hybridized carbons (Fsp3) is 0.778. The second-order valence-electron chi connectivity index (χ2n) is 7.29. The first-order chi connectivity index (χ1) is 11.3. The van der Waals surface area contributed by atoms with E-state index < -0.39 is 6.10 Å². The molecule has 0 saturated heterocycles. The van der Waals surface area contributed by atoms with Gasteiger partial charge in [0.2, 0.25) is 5.91 Å². The highest BCUT2D eigenvalue weighted by molar-refractivity contribution is 5.80.